The Morgan fingerprint density at radius 1 is 1.40 bits per heavy atom. The molecule has 6 nitrogen and oxygen atoms in total. The van der Waals surface area contributed by atoms with Crippen LogP contribution in [0.1, 0.15) is 6.92 Å². The SMILES string of the molecule is CC(=O)N[C@H]1[C@@H](O)[C@H](O)[C@@H](CCl)O[C@@H]1O. The molecular formula is C8H14ClNO5. The first-order valence-electron chi connectivity index (χ1n) is 4.50. The van der Waals surface area contributed by atoms with Crippen molar-refractivity contribution in [3.05, 3.63) is 0 Å². The molecule has 0 saturated carbocycles. The van der Waals surface area contributed by atoms with Gasteiger partial charge in [0.1, 0.15) is 24.4 Å². The maximum Gasteiger partial charge on any atom is 0.217 e. The van der Waals surface area contributed by atoms with Crippen LogP contribution in [0, 0.1) is 0 Å². The summed E-state index contributed by atoms with van der Waals surface area (Å²) in [6.07, 6.45) is -4.76. The average Bonchev–Trinajstić information content (AvgIpc) is 2.18. The molecule has 0 spiro atoms. The molecular weight excluding hydrogens is 226 g/mol. The molecule has 1 saturated heterocycles. The number of nitrogens with one attached hydrogen (secondary N) is 1. The zero-order valence-electron chi connectivity index (χ0n) is 8.13. The summed E-state index contributed by atoms with van der Waals surface area (Å²) in [6, 6.07) is -1.04. The number of carbonyl (C=O) groups is 1. The number of amides is 1. The molecule has 0 aromatic heterocycles. The lowest BCUT2D eigenvalue weighted by Gasteiger charge is -2.40. The third-order valence-electron chi connectivity index (χ3n) is 2.24. The van der Waals surface area contributed by atoms with Gasteiger partial charge in [-0.05, 0) is 0 Å². The van der Waals surface area contributed by atoms with Crippen molar-refractivity contribution in [1.82, 2.24) is 5.32 Å². The van der Waals surface area contributed by atoms with E-state index in [1.807, 2.05) is 0 Å². The summed E-state index contributed by atoms with van der Waals surface area (Å²) < 4.78 is 4.93. The molecule has 1 heterocycles. The lowest BCUT2D eigenvalue weighted by atomic mass is 9.97. The van der Waals surface area contributed by atoms with Crippen LogP contribution in [0.5, 0.6) is 0 Å². The van der Waals surface area contributed by atoms with Gasteiger partial charge in [0, 0.05) is 6.92 Å². The van der Waals surface area contributed by atoms with Crippen LogP contribution < -0.4 is 5.32 Å². The van der Waals surface area contributed by atoms with E-state index in [-0.39, 0.29) is 5.88 Å². The van der Waals surface area contributed by atoms with Gasteiger partial charge in [-0.2, -0.15) is 0 Å². The fraction of sp³-hybridized carbons (Fsp3) is 0.875. The third kappa shape index (κ3) is 2.79. The van der Waals surface area contributed by atoms with Crippen molar-refractivity contribution < 1.29 is 24.9 Å². The van der Waals surface area contributed by atoms with Gasteiger partial charge < -0.3 is 25.4 Å². The highest BCUT2D eigenvalue weighted by Crippen LogP contribution is 2.20. The standard InChI is InChI=1S/C8H14ClNO5/c1-3(11)10-5-7(13)6(12)4(2-9)15-8(5)14/h4-8,12-14H,2H2,1H3,(H,10,11)/t4-,5+,6-,7-,8+/m1/s1. The van der Waals surface area contributed by atoms with Gasteiger partial charge in [-0.15, -0.1) is 11.6 Å². The highest BCUT2D eigenvalue weighted by molar-refractivity contribution is 6.18. The van der Waals surface area contributed by atoms with Crippen LogP contribution in [0.25, 0.3) is 0 Å². The molecule has 0 aromatic rings. The topological polar surface area (TPSA) is 99.0 Å². The lowest BCUT2D eigenvalue weighted by Crippen LogP contribution is -2.63. The summed E-state index contributed by atoms with van der Waals surface area (Å²) in [5.41, 5.74) is 0. The minimum absolute atomic E-state index is 0.0535. The van der Waals surface area contributed by atoms with Crippen molar-refractivity contribution in [2.45, 2.75) is 37.6 Å². The second kappa shape index (κ2) is 5.09. The molecule has 0 aromatic carbocycles. The van der Waals surface area contributed by atoms with Crippen molar-refractivity contribution in [2.24, 2.45) is 0 Å². The fourth-order valence-electron chi connectivity index (χ4n) is 1.46. The van der Waals surface area contributed by atoms with Crippen LogP contribution in [0.4, 0.5) is 0 Å². The maximum atomic E-state index is 10.8. The number of aliphatic hydroxyl groups excluding tert-OH is 3. The molecule has 0 radical (unpaired) electrons. The molecule has 1 aliphatic heterocycles. The number of aliphatic hydroxyl groups is 3. The monoisotopic (exact) mass is 239 g/mol. The smallest absolute Gasteiger partial charge is 0.217 e. The average molecular weight is 240 g/mol. The lowest BCUT2D eigenvalue weighted by molar-refractivity contribution is -0.241. The first kappa shape index (κ1) is 12.7. The Kier molecular flexibility index (Phi) is 4.30. The van der Waals surface area contributed by atoms with Gasteiger partial charge in [-0.3, -0.25) is 4.79 Å². The summed E-state index contributed by atoms with van der Waals surface area (Å²) >= 11 is 5.46. The van der Waals surface area contributed by atoms with Crippen LogP contribution >= 0.6 is 11.6 Å². The Bertz CT molecular complexity index is 239. The van der Waals surface area contributed by atoms with E-state index in [4.69, 9.17) is 16.3 Å². The normalized spacial score (nSPS) is 41.3. The summed E-state index contributed by atoms with van der Waals surface area (Å²) in [7, 11) is 0. The second-order valence-electron chi connectivity index (χ2n) is 3.43. The molecule has 1 rings (SSSR count). The van der Waals surface area contributed by atoms with E-state index in [9.17, 15) is 20.1 Å². The number of carbonyl (C=O) groups excluding carboxylic acids is 1. The van der Waals surface area contributed by atoms with Gasteiger partial charge >= 0.3 is 0 Å². The molecule has 0 aliphatic carbocycles. The van der Waals surface area contributed by atoms with Crippen LogP contribution in [0.3, 0.4) is 0 Å². The predicted octanol–water partition coefficient (Wildman–Crippen LogP) is -1.83. The molecule has 0 unspecified atom stereocenters. The summed E-state index contributed by atoms with van der Waals surface area (Å²) in [5, 5.41) is 30.8. The fourth-order valence-corrected chi connectivity index (χ4v) is 1.72. The molecule has 1 fully saturated rings. The van der Waals surface area contributed by atoms with Crippen LogP contribution in [0.2, 0.25) is 0 Å². The molecule has 0 bridgehead atoms. The van der Waals surface area contributed by atoms with Gasteiger partial charge in [0.2, 0.25) is 5.91 Å². The van der Waals surface area contributed by atoms with E-state index < -0.39 is 36.6 Å². The number of halogens is 1. The largest absolute Gasteiger partial charge is 0.388 e. The number of hydrogen-bond acceptors (Lipinski definition) is 5. The van der Waals surface area contributed by atoms with E-state index in [0.29, 0.717) is 0 Å². The molecule has 1 aliphatic rings. The Morgan fingerprint density at radius 3 is 2.47 bits per heavy atom. The Balaban J connectivity index is 2.70. The van der Waals surface area contributed by atoms with Crippen molar-refractivity contribution in [3.63, 3.8) is 0 Å². The number of rotatable bonds is 2. The van der Waals surface area contributed by atoms with Crippen LogP contribution in [0.15, 0.2) is 0 Å². The van der Waals surface area contributed by atoms with Crippen molar-refractivity contribution in [1.29, 1.82) is 0 Å². The molecule has 4 N–H and O–H groups in total. The van der Waals surface area contributed by atoms with Gasteiger partial charge in [0.05, 0.1) is 5.88 Å². The first-order valence-corrected chi connectivity index (χ1v) is 5.03. The predicted molar refractivity (Wildman–Crippen MR) is 51.2 cm³/mol. The van der Waals surface area contributed by atoms with E-state index in [1.165, 1.54) is 6.92 Å². The summed E-state index contributed by atoms with van der Waals surface area (Å²) in [6.45, 7) is 1.24. The molecule has 7 heteroatoms. The Hall–Kier alpha value is -0.400. The minimum atomic E-state index is -1.38. The number of alkyl halides is 1. The highest BCUT2D eigenvalue weighted by Gasteiger charge is 2.43. The molecule has 5 atom stereocenters. The van der Waals surface area contributed by atoms with Crippen molar-refractivity contribution in [2.75, 3.05) is 5.88 Å². The van der Waals surface area contributed by atoms with E-state index in [1.54, 1.807) is 0 Å². The maximum absolute atomic E-state index is 10.8. The summed E-state index contributed by atoms with van der Waals surface area (Å²) in [4.78, 5) is 10.8. The number of hydrogen-bond donors (Lipinski definition) is 4. The molecule has 88 valence electrons. The van der Waals surface area contributed by atoms with Gasteiger partial charge in [-0.1, -0.05) is 0 Å². The summed E-state index contributed by atoms with van der Waals surface area (Å²) in [5.74, 6) is -0.486. The molecule has 1 amide bonds. The molecule has 15 heavy (non-hydrogen) atoms. The van der Waals surface area contributed by atoms with Crippen LogP contribution in [-0.4, -0.2) is 57.8 Å². The highest BCUT2D eigenvalue weighted by atomic mass is 35.5. The van der Waals surface area contributed by atoms with Crippen LogP contribution in [-0.2, 0) is 9.53 Å². The Morgan fingerprint density at radius 2 is 2.00 bits per heavy atom. The Labute approximate surface area is 91.8 Å². The van der Waals surface area contributed by atoms with Gasteiger partial charge in [0.15, 0.2) is 6.29 Å². The van der Waals surface area contributed by atoms with Crippen molar-refractivity contribution in [3.8, 4) is 0 Å². The van der Waals surface area contributed by atoms with Crippen molar-refractivity contribution >= 4 is 17.5 Å². The number of ether oxygens (including phenoxy) is 1. The first-order chi connectivity index (χ1) is 6.97. The van der Waals surface area contributed by atoms with E-state index in [0.717, 1.165) is 0 Å². The zero-order valence-corrected chi connectivity index (χ0v) is 8.89. The third-order valence-corrected chi connectivity index (χ3v) is 2.55. The minimum Gasteiger partial charge on any atom is -0.388 e. The van der Waals surface area contributed by atoms with E-state index >= 15 is 0 Å². The second-order valence-corrected chi connectivity index (χ2v) is 3.74. The van der Waals surface area contributed by atoms with Gasteiger partial charge in [0.25, 0.3) is 0 Å². The van der Waals surface area contributed by atoms with Gasteiger partial charge in [-0.25, -0.2) is 0 Å². The van der Waals surface area contributed by atoms with E-state index in [2.05, 4.69) is 5.32 Å². The quantitative estimate of drug-likeness (QED) is 0.425. The zero-order chi connectivity index (χ0) is 11.6.